The minimum Gasteiger partial charge on any atom is -0.454 e. The van der Waals surface area contributed by atoms with E-state index in [4.69, 9.17) is 90.5 Å². The van der Waals surface area contributed by atoms with Crippen LogP contribution in [0, 0.1) is 0 Å². The number of benzene rings is 3. The van der Waals surface area contributed by atoms with E-state index in [-0.39, 0.29) is 53.0 Å². The molecular weight excluding hydrogens is 489 g/mol. The fourth-order valence-electron chi connectivity index (χ4n) is 2.20. The Bertz CT molecular complexity index is 994. The molecule has 3 aromatic rings. The van der Waals surface area contributed by atoms with Gasteiger partial charge in [-0.25, -0.2) is 0 Å². The van der Waals surface area contributed by atoms with Crippen LogP contribution in [0.4, 0.5) is 11.4 Å². The lowest BCUT2D eigenvalue weighted by Gasteiger charge is -2.15. The lowest BCUT2D eigenvalue weighted by Crippen LogP contribution is -1.95. The van der Waals surface area contributed by atoms with E-state index < -0.39 is 0 Å². The topological polar surface area (TPSA) is 70.5 Å². The summed E-state index contributed by atoms with van der Waals surface area (Å²) in [7, 11) is 0. The monoisotopic (exact) mass is 496 g/mol. The summed E-state index contributed by atoms with van der Waals surface area (Å²) in [5.74, 6) is 1.07. The van der Waals surface area contributed by atoms with E-state index >= 15 is 0 Å². The zero-order valence-electron chi connectivity index (χ0n) is 13.7. The van der Waals surface area contributed by atoms with Crippen LogP contribution in [0.5, 0.6) is 23.0 Å². The third-order valence-corrected chi connectivity index (χ3v) is 5.51. The molecule has 0 amide bonds. The van der Waals surface area contributed by atoms with Crippen molar-refractivity contribution in [3.63, 3.8) is 0 Å². The first-order valence-corrected chi connectivity index (χ1v) is 9.77. The number of hydrogen-bond acceptors (Lipinski definition) is 4. The van der Waals surface area contributed by atoms with Crippen LogP contribution in [0.25, 0.3) is 0 Å². The molecule has 0 radical (unpaired) electrons. The summed E-state index contributed by atoms with van der Waals surface area (Å²) < 4.78 is 11.5. The second-order valence-electron chi connectivity index (χ2n) is 5.47. The number of nitrogens with two attached hydrogens (primary N) is 2. The van der Waals surface area contributed by atoms with Crippen molar-refractivity contribution in [2.24, 2.45) is 0 Å². The maximum atomic E-state index is 6.19. The third-order valence-electron chi connectivity index (χ3n) is 3.57. The van der Waals surface area contributed by atoms with Gasteiger partial charge in [-0.1, -0.05) is 75.7 Å². The van der Waals surface area contributed by atoms with E-state index in [2.05, 4.69) is 0 Å². The minimum absolute atomic E-state index is 0.0976. The first-order valence-electron chi connectivity index (χ1n) is 7.50. The van der Waals surface area contributed by atoms with E-state index in [9.17, 15) is 0 Å². The number of hydrogen-bond donors (Lipinski definition) is 2. The van der Waals surface area contributed by atoms with Crippen LogP contribution in [0.3, 0.4) is 0 Å². The Labute approximate surface area is 190 Å². The number of ether oxygens (including phenoxy) is 2. The van der Waals surface area contributed by atoms with Crippen LogP contribution in [0.2, 0.25) is 30.1 Å². The van der Waals surface area contributed by atoms with Crippen molar-refractivity contribution < 1.29 is 9.47 Å². The van der Waals surface area contributed by atoms with Gasteiger partial charge in [-0.15, -0.1) is 0 Å². The molecule has 4 N–H and O–H groups in total. The number of rotatable bonds is 4. The molecule has 28 heavy (non-hydrogen) atoms. The maximum Gasteiger partial charge on any atom is 0.166 e. The van der Waals surface area contributed by atoms with Gasteiger partial charge in [0.15, 0.2) is 11.5 Å². The molecule has 0 aliphatic heterocycles. The zero-order chi connectivity index (χ0) is 20.6. The first kappa shape index (κ1) is 21.3. The highest BCUT2D eigenvalue weighted by Gasteiger charge is 2.17. The van der Waals surface area contributed by atoms with Crippen LogP contribution in [0.15, 0.2) is 36.4 Å². The van der Waals surface area contributed by atoms with Gasteiger partial charge < -0.3 is 20.9 Å². The summed E-state index contributed by atoms with van der Waals surface area (Å²) in [4.78, 5) is 0. The van der Waals surface area contributed by atoms with Gasteiger partial charge in [0.05, 0.1) is 31.5 Å². The Kier molecular flexibility index (Phi) is 6.50. The van der Waals surface area contributed by atoms with Crippen molar-refractivity contribution in [1.29, 1.82) is 0 Å². The lowest BCUT2D eigenvalue weighted by molar-refractivity contribution is 0.461. The predicted molar refractivity (Wildman–Crippen MR) is 118 cm³/mol. The molecule has 146 valence electrons. The molecule has 0 aromatic heterocycles. The Balaban J connectivity index is 1.93. The van der Waals surface area contributed by atoms with Crippen molar-refractivity contribution in [2.45, 2.75) is 0 Å². The van der Waals surface area contributed by atoms with Crippen LogP contribution in [-0.4, -0.2) is 0 Å². The van der Waals surface area contributed by atoms with E-state index in [1.807, 2.05) is 0 Å². The highest BCUT2D eigenvalue weighted by Crippen LogP contribution is 2.46. The quantitative estimate of drug-likeness (QED) is 0.354. The van der Waals surface area contributed by atoms with Crippen molar-refractivity contribution >= 4 is 81.0 Å². The van der Waals surface area contributed by atoms with Gasteiger partial charge >= 0.3 is 0 Å². The molecule has 3 rings (SSSR count). The molecule has 3 aromatic carbocycles. The Morgan fingerprint density at radius 3 is 1.36 bits per heavy atom. The molecular formula is C18H10Cl6N2O2. The molecule has 0 fully saturated rings. The summed E-state index contributed by atoms with van der Waals surface area (Å²) in [6.45, 7) is 0. The molecule has 0 aliphatic rings. The second kappa shape index (κ2) is 8.54. The Morgan fingerprint density at radius 1 is 0.571 bits per heavy atom. The summed E-state index contributed by atoms with van der Waals surface area (Å²) in [5.41, 5.74) is 12.0. The number of nitrogen functional groups attached to an aromatic ring is 2. The normalized spacial score (nSPS) is 10.8. The summed E-state index contributed by atoms with van der Waals surface area (Å²) in [6, 6.07) is 9.49. The van der Waals surface area contributed by atoms with Crippen molar-refractivity contribution in [3.05, 3.63) is 66.5 Å². The van der Waals surface area contributed by atoms with E-state index in [1.165, 1.54) is 12.1 Å². The van der Waals surface area contributed by atoms with Gasteiger partial charge in [0.1, 0.15) is 21.5 Å². The number of halogens is 6. The highest BCUT2D eigenvalue weighted by atomic mass is 35.5. The molecule has 0 unspecified atom stereocenters. The van der Waals surface area contributed by atoms with Gasteiger partial charge in [-0.3, -0.25) is 0 Å². The largest absolute Gasteiger partial charge is 0.454 e. The van der Waals surface area contributed by atoms with Gasteiger partial charge in [0.2, 0.25) is 0 Å². The average Bonchev–Trinajstić information content (AvgIpc) is 2.65. The Hall–Kier alpha value is -1.40. The second-order valence-corrected chi connectivity index (χ2v) is 7.86. The molecule has 4 nitrogen and oxygen atoms in total. The van der Waals surface area contributed by atoms with Gasteiger partial charge in [0, 0.05) is 6.07 Å². The van der Waals surface area contributed by atoms with Crippen molar-refractivity contribution in [1.82, 2.24) is 0 Å². The number of anilines is 2. The molecule has 0 atom stereocenters. The van der Waals surface area contributed by atoms with Gasteiger partial charge in [0.25, 0.3) is 0 Å². The standard InChI is InChI=1S/C18H10Cl6N2O2/c19-9-5-11(21)17(13(23)15(9)25)27-7-2-1-3-8(4-7)28-18-12(22)6-10(20)16(26)14(18)24/h1-6H,25-26H2. The molecule has 0 saturated heterocycles. The van der Waals surface area contributed by atoms with E-state index in [0.717, 1.165) is 0 Å². The van der Waals surface area contributed by atoms with E-state index in [0.29, 0.717) is 11.5 Å². The molecule has 0 saturated carbocycles. The fourth-order valence-corrected chi connectivity index (χ4v) is 3.88. The molecule has 0 bridgehead atoms. The average molecular weight is 499 g/mol. The smallest absolute Gasteiger partial charge is 0.166 e. The first-order chi connectivity index (χ1) is 13.2. The zero-order valence-corrected chi connectivity index (χ0v) is 18.2. The maximum absolute atomic E-state index is 6.19. The predicted octanol–water partition coefficient (Wildman–Crippen LogP) is 8.36. The van der Waals surface area contributed by atoms with Crippen LogP contribution >= 0.6 is 69.6 Å². The fraction of sp³-hybridized carbons (Fsp3) is 0. The molecule has 0 heterocycles. The van der Waals surface area contributed by atoms with Crippen LogP contribution in [-0.2, 0) is 0 Å². The summed E-state index contributed by atoms with van der Waals surface area (Å²) >= 11 is 36.6. The third kappa shape index (κ3) is 4.28. The van der Waals surface area contributed by atoms with Gasteiger partial charge in [-0.05, 0) is 24.3 Å². The summed E-state index contributed by atoms with van der Waals surface area (Å²) in [5, 5.41) is 1.05. The van der Waals surface area contributed by atoms with Crippen LogP contribution < -0.4 is 20.9 Å². The molecule has 0 spiro atoms. The van der Waals surface area contributed by atoms with Crippen molar-refractivity contribution in [2.75, 3.05) is 11.5 Å². The minimum atomic E-state index is 0.0976. The SMILES string of the molecule is Nc1c(Cl)cc(Cl)c(Oc2cccc(Oc3c(Cl)cc(Cl)c(N)c3Cl)c2)c1Cl. The van der Waals surface area contributed by atoms with Crippen LogP contribution in [0.1, 0.15) is 0 Å². The molecule has 10 heteroatoms. The highest BCUT2D eigenvalue weighted by molar-refractivity contribution is 6.44. The van der Waals surface area contributed by atoms with Gasteiger partial charge in [-0.2, -0.15) is 0 Å². The summed E-state index contributed by atoms with van der Waals surface area (Å²) in [6.07, 6.45) is 0. The Morgan fingerprint density at radius 2 is 0.964 bits per heavy atom. The lowest BCUT2D eigenvalue weighted by atomic mass is 10.2. The molecule has 0 aliphatic carbocycles. The van der Waals surface area contributed by atoms with E-state index in [1.54, 1.807) is 24.3 Å². The van der Waals surface area contributed by atoms with Crippen molar-refractivity contribution in [3.8, 4) is 23.0 Å².